The summed E-state index contributed by atoms with van der Waals surface area (Å²) in [6.07, 6.45) is -5.08. The minimum atomic E-state index is -5.08. The monoisotopic (exact) mass is 385 g/mol. The van der Waals surface area contributed by atoms with Crippen molar-refractivity contribution in [3.63, 3.8) is 0 Å². The third-order valence-electron chi connectivity index (χ3n) is 2.66. The highest BCUT2D eigenvalue weighted by molar-refractivity contribution is 6.32. The fraction of sp³-hybridized carbons (Fsp3) is 0.467. The number of alkyl halides is 3. The van der Waals surface area contributed by atoms with Crippen molar-refractivity contribution in [1.29, 1.82) is 0 Å². The van der Waals surface area contributed by atoms with Gasteiger partial charge in [0.25, 0.3) is 0 Å². The lowest BCUT2D eigenvalue weighted by Crippen LogP contribution is -2.39. The normalized spacial score (nSPS) is 11.5. The first-order valence-corrected chi connectivity index (χ1v) is 7.27. The van der Waals surface area contributed by atoms with Crippen LogP contribution < -0.4 is 5.32 Å². The van der Waals surface area contributed by atoms with E-state index < -0.39 is 12.1 Å². The number of ketones is 1. The topological polar surface area (TPSA) is 107 Å². The van der Waals surface area contributed by atoms with Crippen molar-refractivity contribution in [1.82, 2.24) is 5.32 Å². The first-order chi connectivity index (χ1) is 11.2. The molecule has 0 spiro atoms. The molecule has 6 nitrogen and oxygen atoms in total. The van der Waals surface area contributed by atoms with Gasteiger partial charge in [0.2, 0.25) is 0 Å². The van der Waals surface area contributed by atoms with E-state index in [-0.39, 0.29) is 40.8 Å². The Balaban J connectivity index is 0.000000697. The molecule has 0 radical (unpaired) electrons. The molecule has 10 heteroatoms. The second kappa shape index (κ2) is 9.02. The largest absolute Gasteiger partial charge is 0.506 e. The van der Waals surface area contributed by atoms with E-state index in [1.807, 2.05) is 20.8 Å². The number of halogens is 4. The van der Waals surface area contributed by atoms with Gasteiger partial charge in [-0.05, 0) is 32.9 Å². The maximum atomic E-state index is 11.9. The molecule has 0 saturated heterocycles. The van der Waals surface area contributed by atoms with E-state index in [4.69, 9.17) is 26.6 Å². The Labute approximate surface area is 147 Å². The van der Waals surface area contributed by atoms with Crippen molar-refractivity contribution in [2.75, 3.05) is 6.54 Å². The molecule has 0 aliphatic heterocycles. The molecule has 0 aliphatic rings. The number of benzene rings is 1. The molecule has 1 aromatic rings. The standard InChI is InChI=1S/C13H18ClNO3.C2HF3O2/c1-13(2,3)15-6-11(17)8-4-9(7-16)12(18)10(14)5-8;3-2(4,5)1(6)7/h4-5,15-16,18H,6-7H2,1-3H3;(H,6,7). The number of rotatable bonds is 4. The number of aliphatic hydroxyl groups excluding tert-OH is 1. The number of aliphatic hydroxyl groups is 1. The Hall–Kier alpha value is -1.84. The lowest BCUT2D eigenvalue weighted by molar-refractivity contribution is -0.192. The van der Waals surface area contributed by atoms with Crippen LogP contribution in [0.2, 0.25) is 5.02 Å². The summed E-state index contributed by atoms with van der Waals surface area (Å²) < 4.78 is 31.7. The summed E-state index contributed by atoms with van der Waals surface area (Å²) in [5.41, 5.74) is 0.469. The van der Waals surface area contributed by atoms with Gasteiger partial charge in [-0.2, -0.15) is 13.2 Å². The maximum absolute atomic E-state index is 11.9. The van der Waals surface area contributed by atoms with Gasteiger partial charge in [-0.3, -0.25) is 4.79 Å². The van der Waals surface area contributed by atoms with Gasteiger partial charge in [0.05, 0.1) is 18.2 Å². The summed E-state index contributed by atoms with van der Waals surface area (Å²) in [6, 6.07) is 2.86. The number of Topliss-reactive ketones (excluding diaryl/α,β-unsaturated/α-hetero) is 1. The molecule has 0 amide bonds. The molecule has 0 bridgehead atoms. The van der Waals surface area contributed by atoms with Gasteiger partial charge in [0.15, 0.2) is 5.78 Å². The zero-order valence-electron chi connectivity index (χ0n) is 13.7. The number of carbonyl (C=O) groups excluding carboxylic acids is 1. The number of carboxylic acids is 1. The molecule has 0 aliphatic carbocycles. The number of hydrogen-bond donors (Lipinski definition) is 4. The van der Waals surface area contributed by atoms with Gasteiger partial charge in [0, 0.05) is 16.7 Å². The predicted molar refractivity (Wildman–Crippen MR) is 84.8 cm³/mol. The molecular weight excluding hydrogens is 367 g/mol. The van der Waals surface area contributed by atoms with Crippen molar-refractivity contribution in [2.24, 2.45) is 0 Å². The molecule has 25 heavy (non-hydrogen) atoms. The Morgan fingerprint density at radius 2 is 1.68 bits per heavy atom. The van der Waals surface area contributed by atoms with Crippen LogP contribution in [0.4, 0.5) is 13.2 Å². The van der Waals surface area contributed by atoms with Gasteiger partial charge in [-0.15, -0.1) is 0 Å². The van der Waals surface area contributed by atoms with Gasteiger partial charge in [-0.25, -0.2) is 4.79 Å². The molecule has 0 unspecified atom stereocenters. The van der Waals surface area contributed by atoms with Crippen LogP contribution in [0.5, 0.6) is 5.75 Å². The number of carboxylic acid groups (broad SMARTS) is 1. The number of aliphatic carboxylic acids is 1. The van der Waals surface area contributed by atoms with Crippen molar-refractivity contribution in [3.8, 4) is 5.75 Å². The van der Waals surface area contributed by atoms with Crippen LogP contribution in [-0.4, -0.2) is 45.3 Å². The summed E-state index contributed by atoms with van der Waals surface area (Å²) in [7, 11) is 0. The number of hydrogen-bond acceptors (Lipinski definition) is 5. The maximum Gasteiger partial charge on any atom is 0.490 e. The molecule has 1 rings (SSSR count). The fourth-order valence-electron chi connectivity index (χ4n) is 1.39. The van der Waals surface area contributed by atoms with E-state index in [0.717, 1.165) is 0 Å². The summed E-state index contributed by atoms with van der Waals surface area (Å²) in [5, 5.41) is 28.9. The highest BCUT2D eigenvalue weighted by Gasteiger charge is 2.38. The van der Waals surface area contributed by atoms with Crippen LogP contribution in [-0.2, 0) is 11.4 Å². The summed E-state index contributed by atoms with van der Waals surface area (Å²) >= 11 is 5.80. The van der Waals surface area contributed by atoms with E-state index >= 15 is 0 Å². The lowest BCUT2D eigenvalue weighted by Gasteiger charge is -2.20. The Kier molecular flexibility index (Phi) is 8.36. The smallest absolute Gasteiger partial charge is 0.490 e. The third kappa shape index (κ3) is 8.71. The minimum absolute atomic E-state index is 0.0701. The highest BCUT2D eigenvalue weighted by Crippen LogP contribution is 2.29. The zero-order chi connectivity index (χ0) is 20.0. The first-order valence-electron chi connectivity index (χ1n) is 6.89. The van der Waals surface area contributed by atoms with Crippen LogP contribution in [0.3, 0.4) is 0 Å². The number of nitrogens with one attached hydrogen (secondary N) is 1. The Morgan fingerprint density at radius 1 is 1.20 bits per heavy atom. The van der Waals surface area contributed by atoms with E-state index in [1.54, 1.807) is 0 Å². The molecule has 0 aromatic heterocycles. The molecule has 1 aromatic carbocycles. The third-order valence-corrected chi connectivity index (χ3v) is 2.94. The number of phenols is 1. The first kappa shape index (κ1) is 23.2. The SMILES string of the molecule is CC(C)(C)NCC(=O)c1cc(Cl)c(O)c(CO)c1.O=C(O)C(F)(F)F. The summed E-state index contributed by atoms with van der Waals surface area (Å²) in [4.78, 5) is 20.8. The highest BCUT2D eigenvalue weighted by atomic mass is 35.5. The molecule has 142 valence electrons. The average Bonchev–Trinajstić information content (AvgIpc) is 2.46. The van der Waals surface area contributed by atoms with Crippen molar-refractivity contribution in [3.05, 3.63) is 28.3 Å². The fourth-order valence-corrected chi connectivity index (χ4v) is 1.62. The molecule has 4 N–H and O–H groups in total. The molecular formula is C15H19ClF3NO5. The summed E-state index contributed by atoms with van der Waals surface area (Å²) in [5.74, 6) is -3.08. The van der Waals surface area contributed by atoms with Crippen LogP contribution in [0.25, 0.3) is 0 Å². The zero-order valence-corrected chi connectivity index (χ0v) is 14.5. The molecule has 0 heterocycles. The second-order valence-corrected chi connectivity index (χ2v) is 6.36. The Morgan fingerprint density at radius 3 is 2.04 bits per heavy atom. The van der Waals surface area contributed by atoms with Crippen molar-refractivity contribution in [2.45, 2.75) is 39.1 Å². The predicted octanol–water partition coefficient (Wildman–Crippen LogP) is 2.74. The molecule has 0 fully saturated rings. The summed E-state index contributed by atoms with van der Waals surface area (Å²) in [6.45, 7) is 5.70. The van der Waals surface area contributed by atoms with Gasteiger partial charge >= 0.3 is 12.1 Å². The number of aromatic hydroxyl groups is 1. The van der Waals surface area contributed by atoms with E-state index in [2.05, 4.69) is 5.32 Å². The Bertz CT molecular complexity index is 627. The van der Waals surface area contributed by atoms with Crippen LogP contribution in [0.1, 0.15) is 36.7 Å². The quantitative estimate of drug-likeness (QED) is 0.594. The number of carbonyl (C=O) groups is 2. The minimum Gasteiger partial charge on any atom is -0.506 e. The van der Waals surface area contributed by atoms with Gasteiger partial charge < -0.3 is 20.6 Å². The van der Waals surface area contributed by atoms with E-state index in [0.29, 0.717) is 5.56 Å². The van der Waals surface area contributed by atoms with E-state index in [9.17, 15) is 23.1 Å². The van der Waals surface area contributed by atoms with Gasteiger partial charge in [0.1, 0.15) is 5.75 Å². The van der Waals surface area contributed by atoms with Crippen molar-refractivity contribution < 1.29 is 38.1 Å². The molecule has 0 saturated carbocycles. The molecule has 0 atom stereocenters. The van der Waals surface area contributed by atoms with E-state index in [1.165, 1.54) is 12.1 Å². The average molecular weight is 386 g/mol. The second-order valence-electron chi connectivity index (χ2n) is 5.95. The van der Waals surface area contributed by atoms with Crippen LogP contribution >= 0.6 is 11.6 Å². The van der Waals surface area contributed by atoms with Crippen molar-refractivity contribution >= 4 is 23.4 Å². The van der Waals surface area contributed by atoms with Gasteiger partial charge in [-0.1, -0.05) is 11.6 Å². The van der Waals surface area contributed by atoms with Crippen LogP contribution in [0, 0.1) is 0 Å². The lowest BCUT2D eigenvalue weighted by atomic mass is 10.0. The van der Waals surface area contributed by atoms with Crippen LogP contribution in [0.15, 0.2) is 12.1 Å².